The molecule has 0 aliphatic rings. The molecule has 1 N–H and O–H groups in total. The number of rotatable bonds is 6. The highest BCUT2D eigenvalue weighted by Crippen LogP contribution is 2.28. The molecular formula is C13H15ClN4O2. The number of aryl methyl sites for hydroxylation is 1. The quantitative estimate of drug-likeness (QED) is 0.654. The lowest BCUT2D eigenvalue weighted by molar-refractivity contribution is -0.383. The van der Waals surface area contributed by atoms with E-state index < -0.39 is 4.92 Å². The van der Waals surface area contributed by atoms with Gasteiger partial charge in [-0.1, -0.05) is 18.5 Å². The summed E-state index contributed by atoms with van der Waals surface area (Å²) < 4.78 is 2.02. The number of benzene rings is 1. The van der Waals surface area contributed by atoms with Crippen LogP contribution < -0.4 is 5.32 Å². The lowest BCUT2D eigenvalue weighted by Crippen LogP contribution is -2.08. The molecule has 0 aliphatic carbocycles. The monoisotopic (exact) mass is 294 g/mol. The highest BCUT2D eigenvalue weighted by Gasteiger charge is 2.14. The molecule has 20 heavy (non-hydrogen) atoms. The van der Waals surface area contributed by atoms with Crippen molar-refractivity contribution < 1.29 is 4.92 Å². The summed E-state index contributed by atoms with van der Waals surface area (Å²) in [4.78, 5) is 14.6. The minimum absolute atomic E-state index is 0.0287. The summed E-state index contributed by atoms with van der Waals surface area (Å²) in [7, 11) is 0. The molecule has 6 nitrogen and oxygen atoms in total. The van der Waals surface area contributed by atoms with Crippen molar-refractivity contribution in [1.82, 2.24) is 9.55 Å². The third-order valence-electron chi connectivity index (χ3n) is 2.88. The summed E-state index contributed by atoms with van der Waals surface area (Å²) in [6.45, 7) is 3.43. The van der Waals surface area contributed by atoms with E-state index in [0.717, 1.165) is 18.7 Å². The van der Waals surface area contributed by atoms with E-state index in [9.17, 15) is 10.1 Å². The average molecular weight is 295 g/mol. The van der Waals surface area contributed by atoms with Crippen LogP contribution in [-0.2, 0) is 13.1 Å². The SMILES string of the molecule is CCCn1cncc1CNc1ccc(Cl)cc1[N+](=O)[O-]. The Morgan fingerprint density at radius 3 is 3.00 bits per heavy atom. The topological polar surface area (TPSA) is 73.0 Å². The number of nitrogens with one attached hydrogen (secondary N) is 1. The number of hydrogen-bond acceptors (Lipinski definition) is 4. The van der Waals surface area contributed by atoms with Crippen LogP contribution in [0.15, 0.2) is 30.7 Å². The van der Waals surface area contributed by atoms with Gasteiger partial charge in [0.1, 0.15) is 5.69 Å². The van der Waals surface area contributed by atoms with Crippen LogP contribution in [-0.4, -0.2) is 14.5 Å². The number of aromatic nitrogens is 2. The summed E-state index contributed by atoms with van der Waals surface area (Å²) in [6, 6.07) is 4.58. The van der Waals surface area contributed by atoms with Crippen LogP contribution in [0.5, 0.6) is 0 Å². The molecule has 0 spiro atoms. The van der Waals surface area contributed by atoms with E-state index in [-0.39, 0.29) is 5.69 Å². The molecule has 1 heterocycles. The van der Waals surface area contributed by atoms with Crippen molar-refractivity contribution in [2.24, 2.45) is 0 Å². The van der Waals surface area contributed by atoms with Crippen molar-refractivity contribution in [3.8, 4) is 0 Å². The molecule has 1 aromatic carbocycles. The molecule has 0 fully saturated rings. The molecule has 2 aromatic rings. The Bertz CT molecular complexity index is 612. The Morgan fingerprint density at radius 1 is 1.50 bits per heavy atom. The van der Waals surface area contributed by atoms with Crippen LogP contribution in [0, 0.1) is 10.1 Å². The van der Waals surface area contributed by atoms with Crippen molar-refractivity contribution >= 4 is 23.0 Å². The zero-order valence-corrected chi connectivity index (χ0v) is 11.8. The first-order valence-corrected chi connectivity index (χ1v) is 6.66. The third-order valence-corrected chi connectivity index (χ3v) is 3.11. The van der Waals surface area contributed by atoms with E-state index in [2.05, 4.69) is 17.2 Å². The van der Waals surface area contributed by atoms with E-state index in [1.54, 1.807) is 24.7 Å². The van der Waals surface area contributed by atoms with Crippen LogP contribution in [0.3, 0.4) is 0 Å². The van der Waals surface area contributed by atoms with Gasteiger partial charge in [0.25, 0.3) is 5.69 Å². The number of nitro groups is 1. The summed E-state index contributed by atoms with van der Waals surface area (Å²) in [5.41, 5.74) is 1.40. The highest BCUT2D eigenvalue weighted by molar-refractivity contribution is 6.30. The molecular weight excluding hydrogens is 280 g/mol. The fraction of sp³-hybridized carbons (Fsp3) is 0.308. The Morgan fingerprint density at radius 2 is 2.30 bits per heavy atom. The molecule has 0 radical (unpaired) electrons. The van der Waals surface area contributed by atoms with Crippen molar-refractivity contribution in [3.63, 3.8) is 0 Å². The fourth-order valence-corrected chi connectivity index (χ4v) is 2.10. The molecule has 7 heteroatoms. The van der Waals surface area contributed by atoms with Gasteiger partial charge in [0.05, 0.1) is 23.5 Å². The molecule has 1 aromatic heterocycles. The van der Waals surface area contributed by atoms with Crippen molar-refractivity contribution in [3.05, 3.63) is 51.6 Å². The van der Waals surface area contributed by atoms with Crippen molar-refractivity contribution in [2.45, 2.75) is 26.4 Å². The molecule has 0 saturated carbocycles. The number of halogens is 1. The number of nitro benzene ring substituents is 1. The molecule has 0 bridgehead atoms. The maximum atomic E-state index is 11.0. The Kier molecular flexibility index (Phi) is 4.57. The van der Waals surface area contributed by atoms with Gasteiger partial charge in [-0.15, -0.1) is 0 Å². The normalized spacial score (nSPS) is 10.5. The van der Waals surface area contributed by atoms with Crippen LogP contribution in [0.25, 0.3) is 0 Å². The van der Waals surface area contributed by atoms with Gasteiger partial charge >= 0.3 is 0 Å². The van der Waals surface area contributed by atoms with E-state index in [0.29, 0.717) is 17.3 Å². The van der Waals surface area contributed by atoms with Gasteiger partial charge in [-0.3, -0.25) is 10.1 Å². The van der Waals surface area contributed by atoms with Crippen LogP contribution in [0.2, 0.25) is 5.02 Å². The average Bonchev–Trinajstić information content (AvgIpc) is 2.85. The molecule has 0 unspecified atom stereocenters. The standard InChI is InChI=1S/C13H15ClN4O2/c1-2-5-17-9-15-7-11(17)8-16-12-4-3-10(14)6-13(12)18(19)20/h3-4,6-7,9,16H,2,5,8H2,1H3. The number of anilines is 1. The van der Waals surface area contributed by atoms with Gasteiger partial charge in [0, 0.05) is 23.8 Å². The van der Waals surface area contributed by atoms with E-state index >= 15 is 0 Å². The third kappa shape index (κ3) is 3.27. The Balaban J connectivity index is 2.14. The summed E-state index contributed by atoms with van der Waals surface area (Å²) in [5, 5.41) is 14.4. The van der Waals surface area contributed by atoms with Gasteiger partial charge in [0.2, 0.25) is 0 Å². The number of imidazole rings is 1. The zero-order chi connectivity index (χ0) is 14.5. The molecule has 0 saturated heterocycles. The van der Waals surface area contributed by atoms with E-state index in [1.165, 1.54) is 6.07 Å². The summed E-state index contributed by atoms with van der Waals surface area (Å²) in [5.74, 6) is 0. The van der Waals surface area contributed by atoms with Gasteiger partial charge < -0.3 is 9.88 Å². The van der Waals surface area contributed by atoms with E-state index in [1.807, 2.05) is 4.57 Å². The smallest absolute Gasteiger partial charge is 0.293 e. The Hall–Kier alpha value is -2.08. The molecule has 0 atom stereocenters. The maximum Gasteiger partial charge on any atom is 0.293 e. The van der Waals surface area contributed by atoms with Crippen LogP contribution in [0.4, 0.5) is 11.4 Å². The minimum atomic E-state index is -0.447. The second-order valence-electron chi connectivity index (χ2n) is 4.35. The predicted octanol–water partition coefficient (Wildman–Crippen LogP) is 3.47. The first-order valence-electron chi connectivity index (χ1n) is 6.28. The van der Waals surface area contributed by atoms with Crippen molar-refractivity contribution in [2.75, 3.05) is 5.32 Å². The summed E-state index contributed by atoms with van der Waals surface area (Å²) in [6.07, 6.45) is 4.52. The van der Waals surface area contributed by atoms with Crippen LogP contribution in [0.1, 0.15) is 19.0 Å². The van der Waals surface area contributed by atoms with Crippen molar-refractivity contribution in [1.29, 1.82) is 0 Å². The second kappa shape index (κ2) is 6.38. The minimum Gasteiger partial charge on any atom is -0.374 e. The maximum absolute atomic E-state index is 11.0. The molecule has 2 rings (SSSR count). The lowest BCUT2D eigenvalue weighted by atomic mass is 10.2. The Labute approximate surface area is 121 Å². The van der Waals surface area contributed by atoms with Crippen LogP contribution >= 0.6 is 11.6 Å². The second-order valence-corrected chi connectivity index (χ2v) is 4.79. The first kappa shape index (κ1) is 14.3. The highest BCUT2D eigenvalue weighted by atomic mass is 35.5. The van der Waals surface area contributed by atoms with Gasteiger partial charge in [0.15, 0.2) is 0 Å². The number of hydrogen-bond donors (Lipinski definition) is 1. The largest absolute Gasteiger partial charge is 0.374 e. The lowest BCUT2D eigenvalue weighted by Gasteiger charge is -2.09. The molecule has 106 valence electrons. The fourth-order valence-electron chi connectivity index (χ4n) is 1.93. The predicted molar refractivity (Wildman–Crippen MR) is 78.0 cm³/mol. The first-order chi connectivity index (χ1) is 9.61. The number of nitrogens with zero attached hydrogens (tertiary/aromatic N) is 3. The molecule has 0 aliphatic heterocycles. The zero-order valence-electron chi connectivity index (χ0n) is 11.0. The molecule has 0 amide bonds. The van der Waals surface area contributed by atoms with Gasteiger partial charge in [-0.05, 0) is 18.6 Å². The van der Waals surface area contributed by atoms with E-state index in [4.69, 9.17) is 11.6 Å². The van der Waals surface area contributed by atoms with Gasteiger partial charge in [-0.2, -0.15) is 0 Å². The van der Waals surface area contributed by atoms with Gasteiger partial charge in [-0.25, -0.2) is 4.98 Å². The summed E-state index contributed by atoms with van der Waals surface area (Å²) >= 11 is 5.78.